The van der Waals surface area contributed by atoms with E-state index < -0.39 is 48.9 Å². The van der Waals surface area contributed by atoms with Gasteiger partial charge in [0.1, 0.15) is 31.1 Å². The first-order valence-corrected chi connectivity index (χ1v) is 10.0. The van der Waals surface area contributed by atoms with Crippen LogP contribution in [0.5, 0.6) is 0 Å². The highest BCUT2D eigenvalue weighted by Crippen LogP contribution is 2.39. The fourth-order valence-electron chi connectivity index (χ4n) is 3.76. The Labute approximate surface area is 187 Å². The largest absolute Gasteiger partial charge is 0.445 e. The van der Waals surface area contributed by atoms with Crippen molar-refractivity contribution in [1.29, 1.82) is 0 Å². The topological polar surface area (TPSA) is 169 Å². The third-order valence-corrected chi connectivity index (χ3v) is 5.52. The zero-order chi connectivity index (χ0) is 23.9. The molecule has 0 bridgehead atoms. The van der Waals surface area contributed by atoms with Gasteiger partial charge in [-0.3, -0.25) is 24.4 Å². The Bertz CT molecular complexity index is 1180. The van der Waals surface area contributed by atoms with Gasteiger partial charge in [-0.05, 0) is 0 Å². The number of carbonyl (C=O) groups is 3. The molecule has 0 aromatic carbocycles. The predicted octanol–water partition coefficient (Wildman–Crippen LogP) is -0.171. The second-order valence-corrected chi connectivity index (χ2v) is 7.57. The van der Waals surface area contributed by atoms with Gasteiger partial charge in [-0.15, -0.1) is 0 Å². The molecule has 4 atom stereocenters. The minimum atomic E-state index is -1.00. The van der Waals surface area contributed by atoms with Crippen LogP contribution in [0.2, 0.25) is 0 Å². The van der Waals surface area contributed by atoms with Crippen molar-refractivity contribution < 1.29 is 34.1 Å². The summed E-state index contributed by atoms with van der Waals surface area (Å²) in [5.41, 5.74) is 0.271. The van der Waals surface area contributed by atoms with Crippen LogP contribution in [0.3, 0.4) is 0 Å². The summed E-state index contributed by atoms with van der Waals surface area (Å²) in [5.74, 6) is -1.61. The molecule has 0 saturated carbocycles. The SMILES string of the molecule is C=CCOC(=O)Nc1ncnc2c1nc(C1=CC(=O)N(C)C1=O)n2C1OC(CO)C(O)C1C. The van der Waals surface area contributed by atoms with Crippen LogP contribution >= 0.6 is 0 Å². The number of aliphatic hydroxyl groups is 2. The van der Waals surface area contributed by atoms with Crippen molar-refractivity contribution in [1.82, 2.24) is 24.4 Å². The van der Waals surface area contributed by atoms with Gasteiger partial charge in [0, 0.05) is 19.0 Å². The number of imidazole rings is 1. The molecule has 2 aromatic heterocycles. The van der Waals surface area contributed by atoms with Crippen molar-refractivity contribution in [3.05, 3.63) is 30.9 Å². The van der Waals surface area contributed by atoms with Gasteiger partial charge < -0.3 is 19.7 Å². The summed E-state index contributed by atoms with van der Waals surface area (Å²) < 4.78 is 12.2. The van der Waals surface area contributed by atoms with Gasteiger partial charge in [-0.1, -0.05) is 19.6 Å². The lowest BCUT2D eigenvalue weighted by atomic mass is 10.0. The van der Waals surface area contributed by atoms with E-state index >= 15 is 0 Å². The van der Waals surface area contributed by atoms with E-state index in [-0.39, 0.29) is 35.0 Å². The van der Waals surface area contributed by atoms with Crippen molar-refractivity contribution in [3.63, 3.8) is 0 Å². The summed E-state index contributed by atoms with van der Waals surface area (Å²) in [5, 5.41) is 22.5. The number of aromatic nitrogens is 4. The van der Waals surface area contributed by atoms with Crippen molar-refractivity contribution in [2.45, 2.75) is 25.4 Å². The number of hydrogen-bond donors (Lipinski definition) is 3. The first kappa shape index (κ1) is 22.5. The van der Waals surface area contributed by atoms with Gasteiger partial charge in [0.2, 0.25) is 0 Å². The lowest BCUT2D eigenvalue weighted by Gasteiger charge is -2.20. The fourth-order valence-corrected chi connectivity index (χ4v) is 3.76. The average molecular weight is 458 g/mol. The molecule has 3 amide bonds. The van der Waals surface area contributed by atoms with E-state index in [9.17, 15) is 24.6 Å². The number of aliphatic hydroxyl groups excluding tert-OH is 2. The van der Waals surface area contributed by atoms with E-state index in [0.29, 0.717) is 0 Å². The van der Waals surface area contributed by atoms with Crippen molar-refractivity contribution >= 4 is 40.5 Å². The van der Waals surface area contributed by atoms with Gasteiger partial charge in [-0.2, -0.15) is 0 Å². The van der Waals surface area contributed by atoms with Crippen LogP contribution in [0.15, 0.2) is 25.1 Å². The Morgan fingerprint density at radius 3 is 2.76 bits per heavy atom. The van der Waals surface area contributed by atoms with Crippen LogP contribution in [0.25, 0.3) is 16.7 Å². The number of carbonyl (C=O) groups excluding carboxylic acids is 3. The Morgan fingerprint density at radius 1 is 1.39 bits per heavy atom. The summed E-state index contributed by atoms with van der Waals surface area (Å²) in [6, 6.07) is 0. The minimum Gasteiger partial charge on any atom is -0.445 e. The smallest absolute Gasteiger partial charge is 0.413 e. The van der Waals surface area contributed by atoms with E-state index in [1.165, 1.54) is 24.0 Å². The van der Waals surface area contributed by atoms with Crippen LogP contribution in [-0.4, -0.2) is 85.0 Å². The van der Waals surface area contributed by atoms with Crippen LogP contribution in [0.1, 0.15) is 19.0 Å². The quantitative estimate of drug-likeness (QED) is 0.390. The molecule has 4 unspecified atom stereocenters. The molecule has 2 aliphatic rings. The summed E-state index contributed by atoms with van der Waals surface area (Å²) in [7, 11) is 1.34. The predicted molar refractivity (Wildman–Crippen MR) is 112 cm³/mol. The molecule has 2 aliphatic heterocycles. The van der Waals surface area contributed by atoms with E-state index in [2.05, 4.69) is 26.8 Å². The maximum atomic E-state index is 12.7. The van der Waals surface area contributed by atoms with Gasteiger partial charge in [0.05, 0.1) is 18.3 Å². The van der Waals surface area contributed by atoms with Crippen LogP contribution < -0.4 is 5.32 Å². The number of hydrogen-bond acceptors (Lipinski definition) is 10. The monoisotopic (exact) mass is 458 g/mol. The molecule has 13 heteroatoms. The zero-order valence-corrected chi connectivity index (χ0v) is 17.8. The highest BCUT2D eigenvalue weighted by atomic mass is 16.6. The number of nitrogens with zero attached hydrogens (tertiary/aromatic N) is 5. The van der Waals surface area contributed by atoms with Crippen LogP contribution in [0.4, 0.5) is 10.6 Å². The molecule has 3 N–H and O–H groups in total. The second kappa shape index (κ2) is 8.69. The number of fused-ring (bicyclic) bond motifs is 1. The first-order valence-electron chi connectivity index (χ1n) is 10.0. The van der Waals surface area contributed by atoms with Gasteiger partial charge in [0.25, 0.3) is 11.8 Å². The molecule has 13 nitrogen and oxygen atoms in total. The molecule has 0 radical (unpaired) electrons. The first-order chi connectivity index (χ1) is 15.8. The lowest BCUT2D eigenvalue weighted by Crippen LogP contribution is -2.28. The number of amides is 3. The summed E-state index contributed by atoms with van der Waals surface area (Å²) in [4.78, 5) is 50.6. The highest BCUT2D eigenvalue weighted by molar-refractivity contribution is 6.32. The molecule has 0 spiro atoms. The Morgan fingerprint density at radius 2 is 2.15 bits per heavy atom. The normalized spacial score (nSPS) is 25.0. The lowest BCUT2D eigenvalue weighted by molar-refractivity contribution is -0.134. The zero-order valence-electron chi connectivity index (χ0n) is 17.8. The molecular formula is C20H22N6O7. The molecule has 4 rings (SSSR count). The Balaban J connectivity index is 1.87. The maximum Gasteiger partial charge on any atom is 0.413 e. The highest BCUT2D eigenvalue weighted by Gasteiger charge is 2.44. The molecule has 4 heterocycles. The van der Waals surface area contributed by atoms with Crippen LogP contribution in [-0.2, 0) is 19.1 Å². The number of likely N-dealkylation sites (N-methyl/N-ethyl adjacent to an activating group) is 1. The Hall–Kier alpha value is -3.68. The number of imide groups is 1. The number of rotatable bonds is 6. The minimum absolute atomic E-state index is 0.00435. The van der Waals surface area contributed by atoms with Gasteiger partial charge in [-0.25, -0.2) is 19.7 Å². The molecule has 174 valence electrons. The molecule has 2 aromatic rings. The number of anilines is 1. The summed E-state index contributed by atoms with van der Waals surface area (Å²) >= 11 is 0. The molecule has 1 fully saturated rings. The van der Waals surface area contributed by atoms with Crippen molar-refractivity contribution in [2.75, 3.05) is 25.6 Å². The van der Waals surface area contributed by atoms with Crippen molar-refractivity contribution in [3.8, 4) is 0 Å². The van der Waals surface area contributed by atoms with Gasteiger partial charge in [0.15, 0.2) is 17.0 Å². The summed E-state index contributed by atoms with van der Waals surface area (Å²) in [6.07, 6.45) is 0.140. The van der Waals surface area contributed by atoms with Gasteiger partial charge >= 0.3 is 6.09 Å². The van der Waals surface area contributed by atoms with E-state index in [1.54, 1.807) is 6.92 Å². The molecular weight excluding hydrogens is 436 g/mol. The second-order valence-electron chi connectivity index (χ2n) is 7.57. The van der Waals surface area contributed by atoms with E-state index in [0.717, 1.165) is 11.0 Å². The fraction of sp³-hybridized carbons (Fsp3) is 0.400. The summed E-state index contributed by atoms with van der Waals surface area (Å²) in [6.45, 7) is 4.72. The maximum absolute atomic E-state index is 12.7. The van der Waals surface area contributed by atoms with E-state index in [1.807, 2.05) is 0 Å². The van der Waals surface area contributed by atoms with Crippen molar-refractivity contribution in [2.24, 2.45) is 5.92 Å². The molecule has 1 saturated heterocycles. The van der Waals surface area contributed by atoms with E-state index in [4.69, 9.17) is 9.47 Å². The third-order valence-electron chi connectivity index (χ3n) is 5.52. The number of nitrogens with one attached hydrogen (secondary N) is 1. The molecule has 0 aliphatic carbocycles. The Kier molecular flexibility index (Phi) is 5.93. The third kappa shape index (κ3) is 3.75. The standard InChI is InChI=1S/C20H22N6O7/c1-4-5-32-20(31)24-15-13-17(22-8-21-15)26(19-9(2)14(29)11(7-27)33-19)16(23-13)10-6-12(28)25(3)18(10)30/h4,6,8-9,11,14,19,27,29H,1,5,7H2,2-3H3,(H,21,22,24,31). The number of ether oxygens (including phenoxy) is 2. The van der Waals surface area contributed by atoms with Crippen LogP contribution in [0, 0.1) is 5.92 Å². The molecule has 33 heavy (non-hydrogen) atoms. The average Bonchev–Trinajstić information content (AvgIpc) is 3.40.